The molecule has 1 heterocycles. The number of aliphatic imine (C=N–C) groups is 1. The number of rotatable bonds is 3. The van der Waals surface area contributed by atoms with Crippen LogP contribution in [0, 0.1) is 0 Å². The lowest BCUT2D eigenvalue weighted by molar-refractivity contribution is -0.0190. The van der Waals surface area contributed by atoms with Crippen LogP contribution in [0.1, 0.15) is 27.6 Å². The number of ketones is 2. The molecule has 0 fully saturated rings. The van der Waals surface area contributed by atoms with Gasteiger partial charge in [-0.3, -0.25) is 14.9 Å². The van der Waals surface area contributed by atoms with Gasteiger partial charge >= 0.3 is 0 Å². The van der Waals surface area contributed by atoms with Crippen LogP contribution in [0.5, 0.6) is 0 Å². The van der Waals surface area contributed by atoms with Crippen molar-refractivity contribution in [2.24, 2.45) is 4.99 Å². The first-order valence-corrected chi connectivity index (χ1v) is 7.91. The minimum absolute atomic E-state index is 0.201. The predicted octanol–water partition coefficient (Wildman–Crippen LogP) is 2.51. The van der Waals surface area contributed by atoms with Crippen molar-refractivity contribution in [2.75, 3.05) is 13.2 Å². The Morgan fingerprint density at radius 2 is 1.88 bits per heavy atom. The fraction of sp³-hybridized carbons (Fsp3) is 0.211. The standard InChI is InChI=1S/C19H16N2O3/c1-2-24-19(20-7-8-21-19)16-11-17(22)14-9-12-5-3-4-6-13(12)10-15(14)18(16)23/h3-7,9-11,21H,2,8H2,1H3. The molecule has 5 nitrogen and oxygen atoms in total. The molecular formula is C19H16N2O3. The van der Waals surface area contributed by atoms with Gasteiger partial charge in [0.15, 0.2) is 11.6 Å². The lowest BCUT2D eigenvalue weighted by Gasteiger charge is -2.30. The number of nitrogens with one attached hydrogen (secondary N) is 1. The fourth-order valence-corrected chi connectivity index (χ4v) is 3.25. The number of allylic oxidation sites excluding steroid dienone is 1. The molecule has 0 saturated heterocycles. The van der Waals surface area contributed by atoms with Crippen LogP contribution < -0.4 is 5.32 Å². The Morgan fingerprint density at radius 3 is 2.50 bits per heavy atom. The van der Waals surface area contributed by atoms with E-state index in [4.69, 9.17) is 4.74 Å². The van der Waals surface area contributed by atoms with Crippen LogP contribution in [-0.2, 0) is 4.74 Å². The van der Waals surface area contributed by atoms with E-state index in [0.717, 1.165) is 10.8 Å². The number of benzene rings is 2. The Hall–Kier alpha value is -2.63. The van der Waals surface area contributed by atoms with Crippen molar-refractivity contribution in [3.05, 3.63) is 59.2 Å². The van der Waals surface area contributed by atoms with E-state index in [1.807, 2.05) is 31.2 Å². The normalized spacial score (nSPS) is 22.8. The average Bonchev–Trinajstić information content (AvgIpc) is 3.06. The van der Waals surface area contributed by atoms with Gasteiger partial charge < -0.3 is 4.74 Å². The summed E-state index contributed by atoms with van der Waals surface area (Å²) in [6, 6.07) is 11.2. The van der Waals surface area contributed by atoms with E-state index in [9.17, 15) is 9.59 Å². The number of hydrogen-bond acceptors (Lipinski definition) is 5. The van der Waals surface area contributed by atoms with Gasteiger partial charge in [0, 0.05) is 30.5 Å². The Morgan fingerprint density at radius 1 is 1.17 bits per heavy atom. The van der Waals surface area contributed by atoms with E-state index in [-0.39, 0.29) is 17.1 Å². The molecule has 0 bridgehead atoms. The molecule has 4 rings (SSSR count). The molecule has 1 atom stereocenters. The summed E-state index contributed by atoms with van der Waals surface area (Å²) >= 11 is 0. The SMILES string of the molecule is CCOC1(C2=CC(=O)c3cc4ccccc4cc3C2=O)N=CCN1. The zero-order valence-corrected chi connectivity index (χ0v) is 13.2. The molecule has 0 amide bonds. The summed E-state index contributed by atoms with van der Waals surface area (Å²) in [5, 5.41) is 4.93. The molecule has 1 N–H and O–H groups in total. The van der Waals surface area contributed by atoms with Crippen molar-refractivity contribution in [1.29, 1.82) is 0 Å². The van der Waals surface area contributed by atoms with Gasteiger partial charge in [0.1, 0.15) is 0 Å². The highest BCUT2D eigenvalue weighted by atomic mass is 16.5. The second-order valence-electron chi connectivity index (χ2n) is 5.77. The summed E-state index contributed by atoms with van der Waals surface area (Å²) in [6.45, 7) is 2.69. The van der Waals surface area contributed by atoms with Crippen LogP contribution in [0.3, 0.4) is 0 Å². The summed E-state index contributed by atoms with van der Waals surface area (Å²) in [7, 11) is 0. The molecule has 0 radical (unpaired) electrons. The monoisotopic (exact) mass is 320 g/mol. The summed E-state index contributed by atoms with van der Waals surface area (Å²) in [6.07, 6.45) is 3.01. The van der Waals surface area contributed by atoms with Crippen LogP contribution in [-0.4, -0.2) is 36.8 Å². The van der Waals surface area contributed by atoms with Crippen molar-refractivity contribution in [2.45, 2.75) is 12.8 Å². The van der Waals surface area contributed by atoms with Gasteiger partial charge in [0.05, 0.1) is 5.57 Å². The third kappa shape index (κ3) is 2.13. The van der Waals surface area contributed by atoms with Crippen molar-refractivity contribution in [1.82, 2.24) is 5.32 Å². The maximum Gasteiger partial charge on any atom is 0.247 e. The Kier molecular flexibility index (Phi) is 3.40. The number of fused-ring (bicyclic) bond motifs is 2. The number of hydrogen-bond donors (Lipinski definition) is 1. The van der Waals surface area contributed by atoms with E-state index in [1.165, 1.54) is 6.08 Å². The molecular weight excluding hydrogens is 304 g/mol. The van der Waals surface area contributed by atoms with Crippen LogP contribution in [0.25, 0.3) is 10.8 Å². The van der Waals surface area contributed by atoms with Crippen molar-refractivity contribution in [3.63, 3.8) is 0 Å². The molecule has 2 aromatic carbocycles. The van der Waals surface area contributed by atoms with Crippen LogP contribution in [0.2, 0.25) is 0 Å². The number of carbonyl (C=O) groups is 2. The van der Waals surface area contributed by atoms with Crippen molar-refractivity contribution < 1.29 is 14.3 Å². The third-order valence-corrected chi connectivity index (χ3v) is 4.34. The lowest BCUT2D eigenvalue weighted by atomic mass is 9.85. The highest BCUT2D eigenvalue weighted by Crippen LogP contribution is 2.33. The van der Waals surface area contributed by atoms with E-state index < -0.39 is 5.85 Å². The van der Waals surface area contributed by atoms with Crippen LogP contribution in [0.4, 0.5) is 0 Å². The lowest BCUT2D eigenvalue weighted by Crippen LogP contribution is -2.48. The summed E-state index contributed by atoms with van der Waals surface area (Å²) in [4.78, 5) is 30.0. The molecule has 5 heteroatoms. The molecule has 0 aromatic heterocycles. The van der Waals surface area contributed by atoms with Crippen LogP contribution in [0.15, 0.2) is 53.0 Å². The van der Waals surface area contributed by atoms with Gasteiger partial charge in [0.25, 0.3) is 0 Å². The van der Waals surface area contributed by atoms with Gasteiger partial charge in [0.2, 0.25) is 5.85 Å². The molecule has 1 unspecified atom stereocenters. The van der Waals surface area contributed by atoms with Gasteiger partial charge in [-0.25, -0.2) is 4.99 Å². The molecule has 2 aromatic rings. The largest absolute Gasteiger partial charge is 0.338 e. The topological polar surface area (TPSA) is 67.8 Å². The third-order valence-electron chi connectivity index (χ3n) is 4.34. The molecule has 0 saturated carbocycles. The second kappa shape index (κ2) is 5.47. The zero-order chi connectivity index (χ0) is 16.7. The second-order valence-corrected chi connectivity index (χ2v) is 5.77. The maximum absolute atomic E-state index is 13.1. The number of ether oxygens (including phenoxy) is 1. The number of nitrogens with zero attached hydrogens (tertiary/aromatic N) is 1. The number of Topliss-reactive ketones (excluding diaryl/α,β-unsaturated/α-hetero) is 1. The first-order valence-electron chi connectivity index (χ1n) is 7.91. The quantitative estimate of drug-likeness (QED) is 0.943. The van der Waals surface area contributed by atoms with Gasteiger partial charge in [-0.1, -0.05) is 24.3 Å². The highest BCUT2D eigenvalue weighted by molar-refractivity contribution is 6.26. The zero-order valence-electron chi connectivity index (χ0n) is 13.2. The van der Waals surface area contributed by atoms with Crippen molar-refractivity contribution >= 4 is 28.6 Å². The van der Waals surface area contributed by atoms with Gasteiger partial charge in [-0.05, 0) is 35.9 Å². The van der Waals surface area contributed by atoms with E-state index in [1.54, 1.807) is 18.3 Å². The number of carbonyl (C=O) groups excluding carboxylic acids is 2. The van der Waals surface area contributed by atoms with Gasteiger partial charge in [-0.15, -0.1) is 0 Å². The maximum atomic E-state index is 13.1. The molecule has 0 spiro atoms. The molecule has 2 aliphatic rings. The molecule has 120 valence electrons. The van der Waals surface area contributed by atoms with Gasteiger partial charge in [-0.2, -0.15) is 0 Å². The van der Waals surface area contributed by atoms with E-state index in [0.29, 0.717) is 24.3 Å². The molecule has 24 heavy (non-hydrogen) atoms. The smallest absolute Gasteiger partial charge is 0.247 e. The highest BCUT2D eigenvalue weighted by Gasteiger charge is 2.43. The van der Waals surface area contributed by atoms with E-state index in [2.05, 4.69) is 10.3 Å². The Bertz CT molecular complexity index is 929. The van der Waals surface area contributed by atoms with Crippen molar-refractivity contribution in [3.8, 4) is 0 Å². The van der Waals surface area contributed by atoms with Crippen LogP contribution >= 0.6 is 0 Å². The molecule has 1 aliphatic carbocycles. The first-order chi connectivity index (χ1) is 11.6. The summed E-state index contributed by atoms with van der Waals surface area (Å²) < 4.78 is 5.70. The molecule has 1 aliphatic heterocycles. The summed E-state index contributed by atoms with van der Waals surface area (Å²) in [5.41, 5.74) is 1.07. The minimum Gasteiger partial charge on any atom is -0.338 e. The summed E-state index contributed by atoms with van der Waals surface area (Å²) in [5.74, 6) is -1.69. The predicted molar refractivity (Wildman–Crippen MR) is 91.5 cm³/mol. The average molecular weight is 320 g/mol. The Balaban J connectivity index is 1.88. The first kappa shape index (κ1) is 14.9. The van der Waals surface area contributed by atoms with E-state index >= 15 is 0 Å². The fourth-order valence-electron chi connectivity index (χ4n) is 3.25. The Labute approximate surface area is 139 Å². The minimum atomic E-state index is -1.26.